The first-order valence-corrected chi connectivity index (χ1v) is 7.16. The standard InChI is InChI=1S/C15H19ClN4O/c1-11(8-21-9-12-5-3-2-4-6-12)7-18-15-13(16)14(17)19-10-20-15/h2-6,10-11H,7-9H2,1H3,(H3,17,18,19,20). The minimum Gasteiger partial charge on any atom is -0.382 e. The van der Waals surface area contributed by atoms with Crippen LogP contribution in [0.15, 0.2) is 36.7 Å². The predicted molar refractivity (Wildman–Crippen MR) is 85.2 cm³/mol. The maximum atomic E-state index is 6.02. The number of halogens is 1. The molecule has 0 aliphatic carbocycles. The Morgan fingerprint density at radius 3 is 2.81 bits per heavy atom. The fourth-order valence-corrected chi connectivity index (χ4v) is 1.95. The number of hydrogen-bond acceptors (Lipinski definition) is 5. The van der Waals surface area contributed by atoms with Gasteiger partial charge in [-0.25, -0.2) is 9.97 Å². The fraction of sp³-hybridized carbons (Fsp3) is 0.333. The normalized spacial score (nSPS) is 12.1. The van der Waals surface area contributed by atoms with Crippen LogP contribution in [0.3, 0.4) is 0 Å². The first-order chi connectivity index (χ1) is 10.2. The average molecular weight is 307 g/mol. The monoisotopic (exact) mass is 306 g/mol. The van der Waals surface area contributed by atoms with Gasteiger partial charge < -0.3 is 15.8 Å². The van der Waals surface area contributed by atoms with Gasteiger partial charge in [-0.3, -0.25) is 0 Å². The second kappa shape index (κ2) is 7.81. The molecule has 0 radical (unpaired) electrons. The minimum atomic E-state index is 0.280. The number of nitrogens with zero attached hydrogens (tertiary/aromatic N) is 2. The van der Waals surface area contributed by atoms with Gasteiger partial charge in [-0.15, -0.1) is 0 Å². The molecule has 2 rings (SSSR count). The van der Waals surface area contributed by atoms with Crippen LogP contribution in [-0.2, 0) is 11.3 Å². The Morgan fingerprint density at radius 2 is 2.05 bits per heavy atom. The third kappa shape index (κ3) is 4.88. The molecule has 0 saturated heterocycles. The van der Waals surface area contributed by atoms with E-state index in [1.54, 1.807) is 0 Å². The fourth-order valence-electron chi connectivity index (χ4n) is 1.79. The van der Waals surface area contributed by atoms with Crippen LogP contribution in [0.1, 0.15) is 12.5 Å². The molecule has 5 nitrogen and oxygen atoms in total. The predicted octanol–water partition coefficient (Wildman–Crippen LogP) is 2.98. The minimum absolute atomic E-state index is 0.280. The lowest BCUT2D eigenvalue weighted by Crippen LogP contribution is -2.17. The number of ether oxygens (including phenoxy) is 1. The van der Waals surface area contributed by atoms with Gasteiger partial charge in [-0.05, 0) is 11.5 Å². The van der Waals surface area contributed by atoms with Crippen LogP contribution in [0.25, 0.3) is 0 Å². The molecule has 0 aliphatic heterocycles. The number of hydrogen-bond donors (Lipinski definition) is 2. The molecule has 0 amide bonds. The van der Waals surface area contributed by atoms with E-state index < -0.39 is 0 Å². The lowest BCUT2D eigenvalue weighted by molar-refractivity contribution is 0.0954. The van der Waals surface area contributed by atoms with Crippen LogP contribution in [0.2, 0.25) is 5.02 Å². The van der Waals surface area contributed by atoms with E-state index in [1.165, 1.54) is 11.9 Å². The first-order valence-electron chi connectivity index (χ1n) is 6.78. The molecule has 112 valence electrons. The summed E-state index contributed by atoms with van der Waals surface area (Å²) in [5.74, 6) is 1.15. The summed E-state index contributed by atoms with van der Waals surface area (Å²) < 4.78 is 5.69. The van der Waals surface area contributed by atoms with E-state index >= 15 is 0 Å². The van der Waals surface area contributed by atoms with E-state index in [1.807, 2.05) is 30.3 Å². The molecule has 21 heavy (non-hydrogen) atoms. The van der Waals surface area contributed by atoms with Crippen molar-refractivity contribution >= 4 is 23.2 Å². The lowest BCUT2D eigenvalue weighted by Gasteiger charge is -2.14. The molecule has 2 aromatic rings. The second-order valence-electron chi connectivity index (χ2n) is 4.91. The lowest BCUT2D eigenvalue weighted by atomic mass is 10.2. The molecule has 0 spiro atoms. The number of anilines is 2. The van der Waals surface area contributed by atoms with Gasteiger partial charge in [0.05, 0.1) is 13.2 Å². The Hall–Kier alpha value is -1.85. The highest BCUT2D eigenvalue weighted by molar-refractivity contribution is 6.35. The Kier molecular flexibility index (Phi) is 5.78. The molecule has 1 atom stereocenters. The highest BCUT2D eigenvalue weighted by Gasteiger charge is 2.08. The van der Waals surface area contributed by atoms with Crippen molar-refractivity contribution in [2.45, 2.75) is 13.5 Å². The smallest absolute Gasteiger partial charge is 0.150 e. The van der Waals surface area contributed by atoms with E-state index in [4.69, 9.17) is 22.1 Å². The Labute approximate surface area is 129 Å². The molecule has 3 N–H and O–H groups in total. The summed E-state index contributed by atoms with van der Waals surface area (Å²) in [5.41, 5.74) is 6.79. The summed E-state index contributed by atoms with van der Waals surface area (Å²) in [6.07, 6.45) is 1.39. The molecule has 0 saturated carbocycles. The third-order valence-corrected chi connectivity index (χ3v) is 3.32. The Balaban J connectivity index is 1.72. The molecular formula is C15H19ClN4O. The van der Waals surface area contributed by atoms with Gasteiger partial charge in [0.1, 0.15) is 23.0 Å². The molecule has 1 aromatic heterocycles. The van der Waals surface area contributed by atoms with Crippen LogP contribution in [-0.4, -0.2) is 23.1 Å². The largest absolute Gasteiger partial charge is 0.382 e. The van der Waals surface area contributed by atoms with Crippen molar-refractivity contribution in [2.75, 3.05) is 24.2 Å². The van der Waals surface area contributed by atoms with Gasteiger partial charge in [0.2, 0.25) is 0 Å². The zero-order valence-electron chi connectivity index (χ0n) is 11.9. The van der Waals surface area contributed by atoms with E-state index in [0.29, 0.717) is 36.5 Å². The molecule has 1 heterocycles. The maximum Gasteiger partial charge on any atom is 0.150 e. The highest BCUT2D eigenvalue weighted by atomic mass is 35.5. The van der Waals surface area contributed by atoms with Crippen LogP contribution in [0, 0.1) is 5.92 Å². The van der Waals surface area contributed by atoms with Crippen LogP contribution in [0.4, 0.5) is 11.6 Å². The number of nitrogens with one attached hydrogen (secondary N) is 1. The second-order valence-corrected chi connectivity index (χ2v) is 5.29. The average Bonchev–Trinajstić information content (AvgIpc) is 2.50. The van der Waals surface area contributed by atoms with Crippen molar-refractivity contribution < 1.29 is 4.74 Å². The van der Waals surface area contributed by atoms with E-state index in [9.17, 15) is 0 Å². The third-order valence-electron chi connectivity index (χ3n) is 2.95. The summed E-state index contributed by atoms with van der Waals surface area (Å²) in [6.45, 7) is 4.06. The van der Waals surface area contributed by atoms with Crippen molar-refractivity contribution in [2.24, 2.45) is 5.92 Å². The molecule has 0 bridgehead atoms. The zero-order valence-corrected chi connectivity index (χ0v) is 12.7. The van der Waals surface area contributed by atoms with Crippen molar-refractivity contribution in [3.8, 4) is 0 Å². The molecular weight excluding hydrogens is 288 g/mol. The Morgan fingerprint density at radius 1 is 1.29 bits per heavy atom. The van der Waals surface area contributed by atoms with Gasteiger partial charge in [0.15, 0.2) is 0 Å². The van der Waals surface area contributed by atoms with E-state index in [-0.39, 0.29) is 5.82 Å². The number of rotatable bonds is 7. The maximum absolute atomic E-state index is 6.02. The summed E-state index contributed by atoms with van der Waals surface area (Å²) in [5, 5.41) is 3.52. The molecule has 6 heteroatoms. The van der Waals surface area contributed by atoms with Crippen molar-refractivity contribution in [3.05, 3.63) is 47.2 Å². The van der Waals surface area contributed by atoms with Crippen LogP contribution < -0.4 is 11.1 Å². The SMILES string of the molecule is CC(CNc1ncnc(N)c1Cl)COCc1ccccc1. The summed E-state index contributed by atoms with van der Waals surface area (Å²) in [7, 11) is 0. The van der Waals surface area contributed by atoms with Crippen molar-refractivity contribution in [3.63, 3.8) is 0 Å². The zero-order chi connectivity index (χ0) is 15.1. The molecule has 0 aliphatic rings. The van der Waals surface area contributed by atoms with Gasteiger partial charge in [0.25, 0.3) is 0 Å². The topological polar surface area (TPSA) is 73.1 Å². The van der Waals surface area contributed by atoms with Crippen LogP contribution >= 0.6 is 11.6 Å². The quantitative estimate of drug-likeness (QED) is 0.822. The van der Waals surface area contributed by atoms with E-state index in [2.05, 4.69) is 22.2 Å². The van der Waals surface area contributed by atoms with Crippen molar-refractivity contribution in [1.82, 2.24) is 9.97 Å². The van der Waals surface area contributed by atoms with Gasteiger partial charge in [-0.1, -0.05) is 48.9 Å². The molecule has 1 aromatic carbocycles. The number of benzene rings is 1. The van der Waals surface area contributed by atoms with Gasteiger partial charge >= 0.3 is 0 Å². The molecule has 0 fully saturated rings. The summed E-state index contributed by atoms with van der Waals surface area (Å²) in [6, 6.07) is 10.1. The molecule has 1 unspecified atom stereocenters. The van der Waals surface area contributed by atoms with E-state index in [0.717, 1.165) is 0 Å². The number of nitrogens with two attached hydrogens (primary N) is 1. The summed E-state index contributed by atoms with van der Waals surface area (Å²) in [4.78, 5) is 7.88. The van der Waals surface area contributed by atoms with Gasteiger partial charge in [-0.2, -0.15) is 0 Å². The number of nitrogen functional groups attached to an aromatic ring is 1. The highest BCUT2D eigenvalue weighted by Crippen LogP contribution is 2.23. The Bertz CT molecular complexity index is 565. The van der Waals surface area contributed by atoms with Crippen molar-refractivity contribution in [1.29, 1.82) is 0 Å². The first kappa shape index (κ1) is 15.5. The van der Waals surface area contributed by atoms with Gasteiger partial charge in [0, 0.05) is 6.54 Å². The number of aromatic nitrogens is 2. The summed E-state index contributed by atoms with van der Waals surface area (Å²) >= 11 is 6.02. The van der Waals surface area contributed by atoms with Crippen LogP contribution in [0.5, 0.6) is 0 Å².